The molecule has 8 heteroatoms. The normalized spacial score (nSPS) is 12.0. The molecule has 1 heterocycles. The highest BCUT2D eigenvalue weighted by Crippen LogP contribution is 2.34. The first kappa shape index (κ1) is 16.5. The topological polar surface area (TPSA) is 76.5 Å². The van der Waals surface area contributed by atoms with E-state index in [1.807, 2.05) is 0 Å². The summed E-state index contributed by atoms with van der Waals surface area (Å²) in [5, 5.41) is 0. The van der Waals surface area contributed by atoms with E-state index in [0.717, 1.165) is 0 Å². The minimum atomic E-state index is -3.68. The Hall–Kier alpha value is -0.830. The van der Waals surface area contributed by atoms with Crippen molar-refractivity contribution in [1.29, 1.82) is 0 Å². The Balaban J connectivity index is 2.45. The molecule has 0 fully saturated rings. The van der Waals surface area contributed by atoms with Crippen LogP contribution in [0.3, 0.4) is 0 Å². The van der Waals surface area contributed by atoms with Crippen molar-refractivity contribution >= 4 is 47.6 Å². The quantitative estimate of drug-likeness (QED) is 0.725. The molecular formula is C13H14Br2N2O3S. The van der Waals surface area contributed by atoms with Crippen LogP contribution in [-0.4, -0.2) is 19.3 Å². The standard InChI is InChI=1S/C13H14Br2N2O3S/c1-2-17(8-10-4-3-5-20-10)21(18,19)13-11(14)6-9(16)7-12(13)15/h3-7H,2,8,16H2,1H3. The van der Waals surface area contributed by atoms with Crippen LogP contribution in [0.5, 0.6) is 0 Å². The Bertz CT molecular complexity index is 707. The zero-order valence-corrected chi connectivity index (χ0v) is 15.2. The van der Waals surface area contributed by atoms with E-state index in [0.29, 0.717) is 26.9 Å². The largest absolute Gasteiger partial charge is 0.468 e. The fourth-order valence-corrected chi connectivity index (χ4v) is 5.85. The highest BCUT2D eigenvalue weighted by atomic mass is 79.9. The second-order valence-corrected chi connectivity index (χ2v) is 7.91. The van der Waals surface area contributed by atoms with E-state index in [4.69, 9.17) is 10.2 Å². The lowest BCUT2D eigenvalue weighted by molar-refractivity contribution is 0.375. The lowest BCUT2D eigenvalue weighted by Crippen LogP contribution is -2.30. The maximum absolute atomic E-state index is 12.8. The van der Waals surface area contributed by atoms with Gasteiger partial charge in [0.1, 0.15) is 10.7 Å². The monoisotopic (exact) mass is 436 g/mol. The van der Waals surface area contributed by atoms with E-state index >= 15 is 0 Å². The number of halogens is 2. The molecule has 2 N–H and O–H groups in total. The van der Waals surface area contributed by atoms with Crippen molar-refractivity contribution in [1.82, 2.24) is 4.31 Å². The maximum atomic E-state index is 12.8. The summed E-state index contributed by atoms with van der Waals surface area (Å²) in [4.78, 5) is 0.158. The first-order chi connectivity index (χ1) is 9.86. The Morgan fingerprint density at radius 3 is 2.38 bits per heavy atom. The van der Waals surface area contributed by atoms with Gasteiger partial charge in [-0.25, -0.2) is 8.42 Å². The number of nitrogens with zero attached hydrogens (tertiary/aromatic N) is 1. The van der Waals surface area contributed by atoms with E-state index in [2.05, 4.69) is 31.9 Å². The SMILES string of the molecule is CCN(Cc1ccco1)S(=O)(=O)c1c(Br)cc(N)cc1Br. The van der Waals surface area contributed by atoms with Crippen molar-refractivity contribution in [2.24, 2.45) is 0 Å². The Labute approximate surface area is 140 Å². The first-order valence-corrected chi connectivity index (χ1v) is 9.16. The molecule has 0 saturated carbocycles. The number of nitrogens with two attached hydrogens (primary N) is 1. The summed E-state index contributed by atoms with van der Waals surface area (Å²) in [6.45, 7) is 2.28. The molecule has 0 spiro atoms. The third-order valence-electron chi connectivity index (χ3n) is 2.88. The van der Waals surface area contributed by atoms with Gasteiger partial charge in [0.2, 0.25) is 10.0 Å². The van der Waals surface area contributed by atoms with Crippen LogP contribution in [0.15, 0.2) is 48.8 Å². The van der Waals surface area contributed by atoms with Crippen molar-refractivity contribution < 1.29 is 12.8 Å². The van der Waals surface area contributed by atoms with Crippen LogP contribution in [0.4, 0.5) is 5.69 Å². The van der Waals surface area contributed by atoms with Gasteiger partial charge in [0, 0.05) is 21.2 Å². The molecule has 0 aliphatic carbocycles. The van der Waals surface area contributed by atoms with Crippen LogP contribution in [0.25, 0.3) is 0 Å². The van der Waals surface area contributed by atoms with Crippen LogP contribution in [0.2, 0.25) is 0 Å². The number of furan rings is 1. The molecule has 0 radical (unpaired) electrons. The average molecular weight is 438 g/mol. The third-order valence-corrected chi connectivity index (χ3v) is 6.68. The van der Waals surface area contributed by atoms with Crippen LogP contribution in [-0.2, 0) is 16.6 Å². The summed E-state index contributed by atoms with van der Waals surface area (Å²) in [5.41, 5.74) is 6.18. The second kappa shape index (κ2) is 6.51. The summed E-state index contributed by atoms with van der Waals surface area (Å²) >= 11 is 6.54. The molecular weight excluding hydrogens is 424 g/mol. The summed E-state index contributed by atoms with van der Waals surface area (Å²) < 4.78 is 33.1. The summed E-state index contributed by atoms with van der Waals surface area (Å²) in [6.07, 6.45) is 1.52. The smallest absolute Gasteiger partial charge is 0.245 e. The lowest BCUT2D eigenvalue weighted by atomic mass is 10.3. The predicted molar refractivity (Wildman–Crippen MR) is 88.2 cm³/mol. The molecule has 0 amide bonds. The zero-order valence-electron chi connectivity index (χ0n) is 11.2. The van der Waals surface area contributed by atoms with E-state index < -0.39 is 10.0 Å². The molecule has 0 bridgehead atoms. The molecule has 1 aromatic carbocycles. The lowest BCUT2D eigenvalue weighted by Gasteiger charge is -2.21. The molecule has 0 atom stereocenters. The van der Waals surface area contributed by atoms with Gasteiger partial charge in [0.15, 0.2) is 0 Å². The number of hydrogen-bond acceptors (Lipinski definition) is 4. The highest BCUT2D eigenvalue weighted by Gasteiger charge is 2.28. The zero-order chi connectivity index (χ0) is 15.6. The van der Waals surface area contributed by atoms with Crippen molar-refractivity contribution in [3.8, 4) is 0 Å². The molecule has 0 saturated heterocycles. The Morgan fingerprint density at radius 1 is 1.29 bits per heavy atom. The minimum Gasteiger partial charge on any atom is -0.468 e. The van der Waals surface area contributed by atoms with Gasteiger partial charge in [-0.3, -0.25) is 0 Å². The number of hydrogen-bond donors (Lipinski definition) is 1. The third kappa shape index (κ3) is 3.50. The predicted octanol–water partition coefficient (Wildman–Crippen LogP) is 3.60. The summed E-state index contributed by atoms with van der Waals surface area (Å²) in [7, 11) is -3.68. The van der Waals surface area contributed by atoms with Crippen LogP contribution >= 0.6 is 31.9 Å². The Kier molecular flexibility index (Phi) is 5.13. The van der Waals surface area contributed by atoms with Crippen LogP contribution < -0.4 is 5.73 Å². The molecule has 0 aliphatic heterocycles. The molecule has 5 nitrogen and oxygen atoms in total. The van der Waals surface area contributed by atoms with E-state index in [1.165, 1.54) is 10.6 Å². The average Bonchev–Trinajstić information content (AvgIpc) is 2.86. The maximum Gasteiger partial charge on any atom is 0.245 e. The van der Waals surface area contributed by atoms with Crippen molar-refractivity contribution in [3.05, 3.63) is 45.2 Å². The fraction of sp³-hybridized carbons (Fsp3) is 0.231. The van der Waals surface area contributed by atoms with Gasteiger partial charge in [0.25, 0.3) is 0 Å². The van der Waals surface area contributed by atoms with Crippen molar-refractivity contribution in [2.45, 2.75) is 18.4 Å². The number of anilines is 1. The number of benzene rings is 1. The molecule has 0 unspecified atom stereocenters. The van der Waals surface area contributed by atoms with Gasteiger partial charge >= 0.3 is 0 Å². The number of nitrogen functional groups attached to an aromatic ring is 1. The van der Waals surface area contributed by atoms with Gasteiger partial charge in [-0.05, 0) is 56.1 Å². The molecule has 0 aliphatic rings. The number of sulfonamides is 1. The van der Waals surface area contributed by atoms with Gasteiger partial charge in [-0.15, -0.1) is 0 Å². The van der Waals surface area contributed by atoms with E-state index in [9.17, 15) is 8.42 Å². The number of rotatable bonds is 5. The van der Waals surface area contributed by atoms with Crippen molar-refractivity contribution in [2.75, 3.05) is 12.3 Å². The molecule has 21 heavy (non-hydrogen) atoms. The summed E-state index contributed by atoms with van der Waals surface area (Å²) in [6, 6.07) is 6.60. The van der Waals surface area contributed by atoms with E-state index in [1.54, 1.807) is 31.2 Å². The van der Waals surface area contributed by atoms with Crippen LogP contribution in [0.1, 0.15) is 12.7 Å². The fourth-order valence-electron chi connectivity index (χ4n) is 1.90. The molecule has 2 aromatic rings. The minimum absolute atomic E-state index is 0.158. The van der Waals surface area contributed by atoms with Gasteiger partial charge in [0.05, 0.1) is 12.8 Å². The molecule has 114 valence electrons. The van der Waals surface area contributed by atoms with E-state index in [-0.39, 0.29) is 11.4 Å². The van der Waals surface area contributed by atoms with Gasteiger partial charge < -0.3 is 10.2 Å². The van der Waals surface area contributed by atoms with Gasteiger partial charge in [-0.1, -0.05) is 6.92 Å². The van der Waals surface area contributed by atoms with Crippen molar-refractivity contribution in [3.63, 3.8) is 0 Å². The molecule has 1 aromatic heterocycles. The first-order valence-electron chi connectivity index (χ1n) is 6.13. The summed E-state index contributed by atoms with van der Waals surface area (Å²) in [5.74, 6) is 0.586. The second-order valence-electron chi connectivity index (χ2n) is 4.32. The van der Waals surface area contributed by atoms with Gasteiger partial charge in [-0.2, -0.15) is 4.31 Å². The highest BCUT2D eigenvalue weighted by molar-refractivity contribution is 9.11. The van der Waals surface area contributed by atoms with Crippen LogP contribution in [0, 0.1) is 0 Å². The molecule has 2 rings (SSSR count). The Morgan fingerprint density at radius 2 is 1.90 bits per heavy atom.